The van der Waals surface area contributed by atoms with Crippen molar-refractivity contribution >= 4 is 5.78 Å². The molecule has 0 N–H and O–H groups in total. The van der Waals surface area contributed by atoms with E-state index in [-0.39, 0.29) is 5.41 Å². The average molecular weight is 200 g/mol. The Morgan fingerprint density at radius 1 is 1.40 bits per heavy atom. The Morgan fingerprint density at radius 2 is 2.13 bits per heavy atom. The van der Waals surface area contributed by atoms with E-state index < -0.39 is 0 Å². The largest absolute Gasteiger partial charge is 0.299 e. The summed E-state index contributed by atoms with van der Waals surface area (Å²) in [6, 6.07) is 8.26. The molecule has 0 unspecified atom stereocenters. The zero-order valence-corrected chi connectivity index (χ0v) is 9.12. The number of carbonyl (C=O) groups excluding carboxylic acids is 1. The number of aryl methyl sites for hydroxylation is 1. The minimum Gasteiger partial charge on any atom is -0.299 e. The van der Waals surface area contributed by atoms with E-state index in [2.05, 4.69) is 18.7 Å². The fourth-order valence-corrected chi connectivity index (χ4v) is 2.46. The highest BCUT2D eigenvalue weighted by Crippen LogP contribution is 2.37. The first-order chi connectivity index (χ1) is 7.18. The van der Waals surface area contributed by atoms with Crippen LogP contribution in [-0.4, -0.2) is 5.78 Å². The quantitative estimate of drug-likeness (QED) is 0.671. The van der Waals surface area contributed by atoms with Crippen LogP contribution in [0.15, 0.2) is 36.9 Å². The molecular formula is C14H16O. The number of fused-ring (bicyclic) bond motifs is 1. The zero-order valence-electron chi connectivity index (χ0n) is 9.12. The first kappa shape index (κ1) is 10.2. The van der Waals surface area contributed by atoms with Crippen molar-refractivity contribution in [3.63, 3.8) is 0 Å². The molecule has 1 aliphatic carbocycles. The molecule has 2 rings (SSSR count). The molecule has 0 bridgehead atoms. The molecule has 1 atom stereocenters. The molecular weight excluding hydrogens is 184 g/mol. The average Bonchev–Trinajstić information content (AvgIpc) is 2.25. The van der Waals surface area contributed by atoms with Gasteiger partial charge in [0.25, 0.3) is 0 Å². The van der Waals surface area contributed by atoms with Crippen molar-refractivity contribution < 1.29 is 4.79 Å². The van der Waals surface area contributed by atoms with Crippen molar-refractivity contribution in [1.82, 2.24) is 0 Å². The second-order valence-corrected chi connectivity index (χ2v) is 4.41. The van der Waals surface area contributed by atoms with Crippen LogP contribution in [0.25, 0.3) is 0 Å². The minimum atomic E-state index is -0.337. The van der Waals surface area contributed by atoms with E-state index in [1.807, 2.05) is 25.1 Å². The molecule has 0 radical (unpaired) electrons. The van der Waals surface area contributed by atoms with Crippen LogP contribution in [-0.2, 0) is 16.6 Å². The molecule has 0 amide bonds. The highest BCUT2D eigenvalue weighted by molar-refractivity contribution is 5.92. The molecule has 0 saturated heterocycles. The van der Waals surface area contributed by atoms with Gasteiger partial charge in [-0.15, -0.1) is 6.58 Å². The van der Waals surface area contributed by atoms with Gasteiger partial charge in [0.15, 0.2) is 0 Å². The molecule has 1 aromatic carbocycles. The third-order valence-corrected chi connectivity index (χ3v) is 3.40. The molecule has 15 heavy (non-hydrogen) atoms. The lowest BCUT2D eigenvalue weighted by atomic mass is 9.68. The number of Topliss-reactive ketones (excluding diaryl/α,β-unsaturated/α-hetero) is 1. The van der Waals surface area contributed by atoms with Crippen LogP contribution in [0, 0.1) is 0 Å². The molecule has 1 heteroatoms. The van der Waals surface area contributed by atoms with Gasteiger partial charge in [0.2, 0.25) is 0 Å². The molecule has 1 aromatic rings. The number of ketones is 1. The van der Waals surface area contributed by atoms with Crippen LogP contribution >= 0.6 is 0 Å². The Kier molecular flexibility index (Phi) is 2.47. The maximum atomic E-state index is 12.0. The van der Waals surface area contributed by atoms with E-state index in [4.69, 9.17) is 0 Å². The minimum absolute atomic E-state index is 0.337. The molecule has 0 fully saturated rings. The Balaban J connectivity index is 2.54. The summed E-state index contributed by atoms with van der Waals surface area (Å²) in [5.74, 6) is 0.348. The highest BCUT2D eigenvalue weighted by Gasteiger charge is 2.37. The number of benzene rings is 1. The predicted molar refractivity (Wildman–Crippen MR) is 61.9 cm³/mol. The third-order valence-electron chi connectivity index (χ3n) is 3.40. The van der Waals surface area contributed by atoms with E-state index in [0.29, 0.717) is 12.2 Å². The third kappa shape index (κ3) is 1.52. The van der Waals surface area contributed by atoms with Gasteiger partial charge in [0, 0.05) is 6.42 Å². The molecule has 1 aliphatic rings. The van der Waals surface area contributed by atoms with Crippen LogP contribution in [0.4, 0.5) is 0 Å². The summed E-state index contributed by atoms with van der Waals surface area (Å²) in [5.41, 5.74) is 2.18. The van der Waals surface area contributed by atoms with E-state index in [1.54, 1.807) is 0 Å². The lowest BCUT2D eigenvalue weighted by molar-refractivity contribution is -0.124. The Labute approximate surface area is 90.8 Å². The highest BCUT2D eigenvalue weighted by atomic mass is 16.1. The number of hydrogen-bond acceptors (Lipinski definition) is 1. The fraction of sp³-hybridized carbons (Fsp3) is 0.357. The van der Waals surface area contributed by atoms with Crippen LogP contribution in [0.1, 0.15) is 30.9 Å². The van der Waals surface area contributed by atoms with Gasteiger partial charge in [-0.1, -0.05) is 30.3 Å². The summed E-state index contributed by atoms with van der Waals surface area (Å²) in [6.07, 6.45) is 4.14. The van der Waals surface area contributed by atoms with Crippen molar-refractivity contribution in [2.75, 3.05) is 0 Å². The Morgan fingerprint density at radius 3 is 2.87 bits per heavy atom. The fourth-order valence-electron chi connectivity index (χ4n) is 2.46. The molecule has 0 heterocycles. The van der Waals surface area contributed by atoms with Gasteiger partial charge in [0.05, 0.1) is 5.41 Å². The standard InChI is InChI=1S/C14H16O/c1-3-10-14(2)12-7-5-4-6-11(12)8-9-13(14)15/h3-7H,1,8-10H2,2H3/t14-/m1/s1. The predicted octanol–water partition coefficient (Wildman–Crippen LogP) is 3.04. The monoisotopic (exact) mass is 200 g/mol. The summed E-state index contributed by atoms with van der Waals surface area (Å²) in [6.45, 7) is 5.79. The molecule has 1 nitrogen and oxygen atoms in total. The summed E-state index contributed by atoms with van der Waals surface area (Å²) in [7, 11) is 0. The molecule has 0 aromatic heterocycles. The van der Waals surface area contributed by atoms with Crippen LogP contribution < -0.4 is 0 Å². The smallest absolute Gasteiger partial charge is 0.143 e. The van der Waals surface area contributed by atoms with Gasteiger partial charge in [-0.2, -0.15) is 0 Å². The van der Waals surface area contributed by atoms with Crippen LogP contribution in [0.5, 0.6) is 0 Å². The summed E-state index contributed by atoms with van der Waals surface area (Å²) in [5, 5.41) is 0. The van der Waals surface area contributed by atoms with Gasteiger partial charge >= 0.3 is 0 Å². The number of carbonyl (C=O) groups is 1. The normalized spacial score (nSPS) is 24.7. The van der Waals surface area contributed by atoms with Crippen molar-refractivity contribution in [3.8, 4) is 0 Å². The topological polar surface area (TPSA) is 17.1 Å². The van der Waals surface area contributed by atoms with Gasteiger partial charge < -0.3 is 0 Å². The van der Waals surface area contributed by atoms with Crippen LogP contribution in [0.2, 0.25) is 0 Å². The van der Waals surface area contributed by atoms with Crippen molar-refractivity contribution in [2.24, 2.45) is 0 Å². The van der Waals surface area contributed by atoms with E-state index in [1.165, 1.54) is 11.1 Å². The molecule has 0 aliphatic heterocycles. The van der Waals surface area contributed by atoms with Gasteiger partial charge in [-0.3, -0.25) is 4.79 Å². The second-order valence-electron chi connectivity index (χ2n) is 4.41. The zero-order chi connectivity index (χ0) is 10.9. The maximum Gasteiger partial charge on any atom is 0.143 e. The first-order valence-corrected chi connectivity index (χ1v) is 5.41. The second kappa shape index (κ2) is 3.65. The Hall–Kier alpha value is -1.37. The molecule has 78 valence electrons. The summed E-state index contributed by atoms with van der Waals surface area (Å²) >= 11 is 0. The van der Waals surface area contributed by atoms with Gasteiger partial charge in [0.1, 0.15) is 5.78 Å². The van der Waals surface area contributed by atoms with Gasteiger partial charge in [-0.25, -0.2) is 0 Å². The first-order valence-electron chi connectivity index (χ1n) is 5.41. The number of hydrogen-bond donors (Lipinski definition) is 0. The van der Waals surface area contributed by atoms with Gasteiger partial charge in [-0.05, 0) is 30.9 Å². The lowest BCUT2D eigenvalue weighted by Gasteiger charge is -2.33. The summed E-state index contributed by atoms with van der Waals surface area (Å²) < 4.78 is 0. The van der Waals surface area contributed by atoms with Crippen LogP contribution in [0.3, 0.4) is 0 Å². The van der Waals surface area contributed by atoms with Crippen molar-refractivity contribution in [1.29, 1.82) is 0 Å². The van der Waals surface area contributed by atoms with Crippen molar-refractivity contribution in [3.05, 3.63) is 48.0 Å². The SMILES string of the molecule is C=CC[C@@]1(C)C(=O)CCc2ccccc21. The number of allylic oxidation sites excluding steroid dienone is 1. The lowest BCUT2D eigenvalue weighted by Crippen LogP contribution is -2.36. The molecule has 0 spiro atoms. The van der Waals surface area contributed by atoms with E-state index in [0.717, 1.165) is 12.8 Å². The molecule has 0 saturated carbocycles. The number of rotatable bonds is 2. The Bertz CT molecular complexity index is 406. The van der Waals surface area contributed by atoms with E-state index in [9.17, 15) is 4.79 Å². The van der Waals surface area contributed by atoms with E-state index >= 15 is 0 Å². The maximum absolute atomic E-state index is 12.0. The van der Waals surface area contributed by atoms with Crippen molar-refractivity contribution in [2.45, 2.75) is 31.6 Å². The summed E-state index contributed by atoms with van der Waals surface area (Å²) in [4.78, 5) is 12.0.